The van der Waals surface area contributed by atoms with E-state index in [1.54, 1.807) is 12.1 Å². The van der Waals surface area contributed by atoms with Crippen LogP contribution >= 0.6 is 11.6 Å². The third-order valence-corrected chi connectivity index (χ3v) is 3.07. The summed E-state index contributed by atoms with van der Waals surface area (Å²) in [7, 11) is 0. The van der Waals surface area contributed by atoms with Gasteiger partial charge in [-0.15, -0.1) is 0 Å². The fourth-order valence-corrected chi connectivity index (χ4v) is 1.89. The van der Waals surface area contributed by atoms with Gasteiger partial charge in [-0.3, -0.25) is 0 Å². The summed E-state index contributed by atoms with van der Waals surface area (Å²) in [6.45, 7) is 1.17. The predicted octanol–water partition coefficient (Wildman–Crippen LogP) is 3.68. The van der Waals surface area contributed by atoms with Gasteiger partial charge in [0.25, 0.3) is 0 Å². The van der Waals surface area contributed by atoms with Crippen molar-refractivity contribution >= 4 is 17.3 Å². The fourth-order valence-electron chi connectivity index (χ4n) is 1.72. The normalized spacial score (nSPS) is 10.5. The summed E-state index contributed by atoms with van der Waals surface area (Å²) in [6.07, 6.45) is 0.904. The van der Waals surface area contributed by atoms with Crippen LogP contribution in [0.3, 0.4) is 0 Å². The summed E-state index contributed by atoms with van der Waals surface area (Å²) in [5.41, 5.74) is 8.63. The fraction of sp³-hybridized carbons (Fsp3) is 0.200. The van der Waals surface area contributed by atoms with Crippen LogP contribution in [-0.4, -0.2) is 6.61 Å². The van der Waals surface area contributed by atoms with Crippen molar-refractivity contribution in [2.45, 2.75) is 13.0 Å². The van der Waals surface area contributed by atoms with E-state index in [1.807, 2.05) is 24.3 Å². The first kappa shape index (κ1) is 12.9. The van der Waals surface area contributed by atoms with Crippen molar-refractivity contribution in [2.75, 3.05) is 12.3 Å². The van der Waals surface area contributed by atoms with Crippen molar-refractivity contribution < 1.29 is 4.74 Å². The van der Waals surface area contributed by atoms with Gasteiger partial charge in [0.2, 0.25) is 0 Å². The molecule has 0 saturated carbocycles. The van der Waals surface area contributed by atoms with E-state index in [0.717, 1.165) is 12.0 Å². The minimum absolute atomic E-state index is 0.497. The maximum atomic E-state index is 6.06. The van der Waals surface area contributed by atoms with Crippen LogP contribution < -0.4 is 5.73 Å². The van der Waals surface area contributed by atoms with Crippen molar-refractivity contribution in [3.63, 3.8) is 0 Å². The number of nitrogen functional groups attached to an aromatic ring is 1. The Labute approximate surface area is 112 Å². The molecular formula is C15H16ClNO. The molecule has 0 aromatic heterocycles. The van der Waals surface area contributed by atoms with Crippen molar-refractivity contribution in [3.05, 3.63) is 64.7 Å². The highest BCUT2D eigenvalue weighted by atomic mass is 35.5. The Balaban J connectivity index is 1.80. The van der Waals surface area contributed by atoms with Gasteiger partial charge in [0, 0.05) is 10.7 Å². The molecule has 0 aliphatic carbocycles. The van der Waals surface area contributed by atoms with Gasteiger partial charge < -0.3 is 10.5 Å². The minimum Gasteiger partial charge on any atom is -0.399 e. The van der Waals surface area contributed by atoms with Gasteiger partial charge in [0.05, 0.1) is 13.2 Å². The summed E-state index contributed by atoms with van der Waals surface area (Å²) in [4.78, 5) is 0. The summed E-state index contributed by atoms with van der Waals surface area (Å²) in [5, 5.41) is 0.698. The smallest absolute Gasteiger partial charge is 0.0732 e. The number of benzene rings is 2. The molecule has 3 heteroatoms. The van der Waals surface area contributed by atoms with E-state index in [9.17, 15) is 0 Å². The zero-order valence-corrected chi connectivity index (χ0v) is 10.9. The van der Waals surface area contributed by atoms with E-state index >= 15 is 0 Å². The van der Waals surface area contributed by atoms with Crippen LogP contribution in [0.25, 0.3) is 0 Å². The molecule has 0 fully saturated rings. The van der Waals surface area contributed by atoms with Crippen LogP contribution in [0.5, 0.6) is 0 Å². The highest BCUT2D eigenvalue weighted by Gasteiger charge is 2.01. The monoisotopic (exact) mass is 261 g/mol. The SMILES string of the molecule is Nc1ccc(Cl)c(COCCc2ccccc2)c1. The van der Waals surface area contributed by atoms with Gasteiger partial charge in [-0.1, -0.05) is 41.9 Å². The lowest BCUT2D eigenvalue weighted by Gasteiger charge is -2.07. The lowest BCUT2D eigenvalue weighted by Crippen LogP contribution is -2.00. The molecule has 18 heavy (non-hydrogen) atoms. The average molecular weight is 262 g/mol. The molecule has 0 bridgehead atoms. The molecule has 0 aliphatic rings. The summed E-state index contributed by atoms with van der Waals surface area (Å²) in [6, 6.07) is 15.7. The van der Waals surface area contributed by atoms with E-state index in [0.29, 0.717) is 23.9 Å². The Morgan fingerprint density at radius 2 is 1.83 bits per heavy atom. The molecule has 0 amide bonds. The molecule has 0 aliphatic heterocycles. The van der Waals surface area contributed by atoms with Crippen LogP contribution in [0.1, 0.15) is 11.1 Å². The maximum Gasteiger partial charge on any atom is 0.0732 e. The molecule has 0 saturated heterocycles. The molecule has 2 nitrogen and oxygen atoms in total. The van der Waals surface area contributed by atoms with Gasteiger partial charge in [-0.05, 0) is 35.7 Å². The Hall–Kier alpha value is -1.51. The number of hydrogen-bond donors (Lipinski definition) is 1. The maximum absolute atomic E-state index is 6.06. The quantitative estimate of drug-likeness (QED) is 0.658. The Morgan fingerprint density at radius 1 is 1.06 bits per heavy atom. The van der Waals surface area contributed by atoms with Gasteiger partial charge in [0.15, 0.2) is 0 Å². The van der Waals surface area contributed by atoms with Crippen LogP contribution in [0.2, 0.25) is 5.02 Å². The van der Waals surface area contributed by atoms with E-state index in [-0.39, 0.29) is 0 Å². The Bertz CT molecular complexity index is 499. The third-order valence-electron chi connectivity index (χ3n) is 2.71. The molecule has 2 rings (SSSR count). The largest absolute Gasteiger partial charge is 0.399 e. The van der Waals surface area contributed by atoms with E-state index < -0.39 is 0 Å². The molecule has 0 radical (unpaired) electrons. The standard InChI is InChI=1S/C15H16ClNO/c16-15-7-6-14(17)10-13(15)11-18-9-8-12-4-2-1-3-5-12/h1-7,10H,8-9,11,17H2. The summed E-state index contributed by atoms with van der Waals surface area (Å²) >= 11 is 6.06. The first-order valence-corrected chi connectivity index (χ1v) is 6.29. The molecule has 94 valence electrons. The zero-order chi connectivity index (χ0) is 12.8. The molecule has 0 heterocycles. The number of anilines is 1. The third kappa shape index (κ3) is 3.76. The number of halogens is 1. The zero-order valence-electron chi connectivity index (χ0n) is 10.1. The van der Waals surface area contributed by atoms with Gasteiger partial charge in [0.1, 0.15) is 0 Å². The molecule has 2 aromatic carbocycles. The second-order valence-electron chi connectivity index (χ2n) is 4.14. The van der Waals surface area contributed by atoms with E-state index in [2.05, 4.69) is 12.1 Å². The first-order chi connectivity index (χ1) is 8.75. The van der Waals surface area contributed by atoms with Crippen molar-refractivity contribution in [3.8, 4) is 0 Å². The molecular weight excluding hydrogens is 246 g/mol. The predicted molar refractivity (Wildman–Crippen MR) is 75.7 cm³/mol. The lowest BCUT2D eigenvalue weighted by atomic mass is 10.2. The average Bonchev–Trinajstić information content (AvgIpc) is 2.40. The Morgan fingerprint density at radius 3 is 2.61 bits per heavy atom. The van der Waals surface area contributed by atoms with Gasteiger partial charge in [-0.2, -0.15) is 0 Å². The molecule has 0 atom stereocenters. The van der Waals surface area contributed by atoms with Crippen molar-refractivity contribution in [1.29, 1.82) is 0 Å². The second kappa shape index (κ2) is 6.43. The van der Waals surface area contributed by atoms with E-state index in [1.165, 1.54) is 5.56 Å². The van der Waals surface area contributed by atoms with Crippen LogP contribution in [0, 0.1) is 0 Å². The summed E-state index contributed by atoms with van der Waals surface area (Å²) in [5.74, 6) is 0. The van der Waals surface area contributed by atoms with Crippen molar-refractivity contribution in [1.82, 2.24) is 0 Å². The summed E-state index contributed by atoms with van der Waals surface area (Å²) < 4.78 is 5.62. The highest BCUT2D eigenvalue weighted by molar-refractivity contribution is 6.31. The molecule has 0 unspecified atom stereocenters. The first-order valence-electron chi connectivity index (χ1n) is 5.91. The minimum atomic E-state index is 0.497. The molecule has 2 aromatic rings. The highest BCUT2D eigenvalue weighted by Crippen LogP contribution is 2.19. The number of hydrogen-bond acceptors (Lipinski definition) is 2. The number of ether oxygens (including phenoxy) is 1. The second-order valence-corrected chi connectivity index (χ2v) is 4.55. The van der Waals surface area contributed by atoms with Crippen molar-refractivity contribution in [2.24, 2.45) is 0 Å². The molecule has 0 spiro atoms. The topological polar surface area (TPSA) is 35.2 Å². The molecule has 2 N–H and O–H groups in total. The lowest BCUT2D eigenvalue weighted by molar-refractivity contribution is 0.124. The van der Waals surface area contributed by atoms with Crippen LogP contribution in [-0.2, 0) is 17.8 Å². The van der Waals surface area contributed by atoms with E-state index in [4.69, 9.17) is 22.1 Å². The number of rotatable bonds is 5. The number of nitrogens with two attached hydrogens (primary N) is 1. The van der Waals surface area contributed by atoms with Crippen LogP contribution in [0.15, 0.2) is 48.5 Å². The van der Waals surface area contributed by atoms with Gasteiger partial charge in [-0.25, -0.2) is 0 Å². The van der Waals surface area contributed by atoms with Crippen LogP contribution in [0.4, 0.5) is 5.69 Å². The van der Waals surface area contributed by atoms with Gasteiger partial charge >= 0.3 is 0 Å². The Kier molecular flexibility index (Phi) is 4.62.